The van der Waals surface area contributed by atoms with Crippen LogP contribution in [0, 0.1) is 5.82 Å². The molecule has 1 N–H and O–H groups in total. The summed E-state index contributed by atoms with van der Waals surface area (Å²) in [6, 6.07) is 6.41. The van der Waals surface area contributed by atoms with Crippen molar-refractivity contribution < 1.29 is 17.6 Å². The molecule has 150 valence electrons. The van der Waals surface area contributed by atoms with Gasteiger partial charge in [-0.2, -0.15) is 13.2 Å². The Hall–Kier alpha value is -3.07. The van der Waals surface area contributed by atoms with E-state index in [0.29, 0.717) is 35.6 Å². The topological polar surface area (TPSA) is 61.9 Å². The molecule has 1 aliphatic heterocycles. The number of halogens is 4. The molecule has 1 aromatic carbocycles. The Labute approximate surface area is 163 Å². The molecule has 0 bridgehead atoms. The number of nitrogens with one attached hydrogen (secondary N) is 1. The van der Waals surface area contributed by atoms with Crippen LogP contribution in [-0.2, 0) is 25.7 Å². The number of aromatic amines is 1. The van der Waals surface area contributed by atoms with Gasteiger partial charge in [0.2, 0.25) is 0 Å². The quantitative estimate of drug-likeness (QED) is 0.679. The third kappa shape index (κ3) is 3.91. The van der Waals surface area contributed by atoms with Gasteiger partial charge < -0.3 is 4.98 Å². The van der Waals surface area contributed by atoms with E-state index in [2.05, 4.69) is 15.0 Å². The molecule has 0 aliphatic carbocycles. The lowest BCUT2D eigenvalue weighted by molar-refractivity contribution is -0.138. The molecule has 0 fully saturated rings. The van der Waals surface area contributed by atoms with Crippen LogP contribution < -0.4 is 5.56 Å². The van der Waals surface area contributed by atoms with Gasteiger partial charge in [0.25, 0.3) is 5.56 Å². The van der Waals surface area contributed by atoms with E-state index in [9.17, 15) is 22.4 Å². The molecule has 9 heteroatoms. The summed E-state index contributed by atoms with van der Waals surface area (Å²) in [5.74, 6) is -0.520. The van der Waals surface area contributed by atoms with Crippen LogP contribution in [0.15, 0.2) is 47.5 Å². The van der Waals surface area contributed by atoms with Gasteiger partial charge >= 0.3 is 6.18 Å². The summed E-state index contributed by atoms with van der Waals surface area (Å²) in [5, 5.41) is 0. The number of pyridine rings is 1. The van der Waals surface area contributed by atoms with E-state index >= 15 is 0 Å². The van der Waals surface area contributed by atoms with Crippen molar-refractivity contribution in [3.05, 3.63) is 81.3 Å². The van der Waals surface area contributed by atoms with Crippen molar-refractivity contribution in [2.24, 2.45) is 0 Å². The van der Waals surface area contributed by atoms with E-state index in [1.54, 1.807) is 29.4 Å². The number of nitrogens with zero attached hydrogens (tertiary/aromatic N) is 3. The Morgan fingerprint density at radius 3 is 2.72 bits per heavy atom. The molecule has 3 aromatic rings. The van der Waals surface area contributed by atoms with E-state index in [4.69, 9.17) is 0 Å². The number of fused-ring (bicyclic) bond motifs is 1. The van der Waals surface area contributed by atoms with Crippen molar-refractivity contribution in [1.82, 2.24) is 19.9 Å². The Morgan fingerprint density at radius 2 is 2.00 bits per heavy atom. The number of aromatic nitrogens is 3. The zero-order valence-electron chi connectivity index (χ0n) is 15.1. The third-order valence-corrected chi connectivity index (χ3v) is 4.89. The molecule has 0 atom stereocenters. The van der Waals surface area contributed by atoms with Crippen LogP contribution in [0.2, 0.25) is 0 Å². The summed E-state index contributed by atoms with van der Waals surface area (Å²) in [5.41, 5.74) is -0.136. The van der Waals surface area contributed by atoms with Crippen molar-refractivity contribution in [3.8, 4) is 11.4 Å². The molecule has 0 saturated carbocycles. The van der Waals surface area contributed by atoms with Gasteiger partial charge in [-0.1, -0.05) is 6.07 Å². The predicted octanol–water partition coefficient (Wildman–Crippen LogP) is 3.55. The van der Waals surface area contributed by atoms with E-state index in [0.717, 1.165) is 18.2 Å². The van der Waals surface area contributed by atoms with E-state index in [1.807, 2.05) is 0 Å². The average molecular weight is 404 g/mol. The number of hydrogen-bond donors (Lipinski definition) is 1. The second kappa shape index (κ2) is 7.40. The second-order valence-electron chi connectivity index (χ2n) is 6.81. The van der Waals surface area contributed by atoms with Crippen LogP contribution >= 0.6 is 0 Å². The molecular formula is C20H16F4N4O. The van der Waals surface area contributed by atoms with E-state index in [-0.39, 0.29) is 18.6 Å². The SMILES string of the molecule is O=c1[nH]c(-c2cccnc2)nc2c1CN(Cc1c(F)cccc1C(F)(F)F)CC2. The van der Waals surface area contributed by atoms with Crippen LogP contribution in [0.3, 0.4) is 0 Å². The maximum absolute atomic E-state index is 14.1. The van der Waals surface area contributed by atoms with Crippen LogP contribution in [0.1, 0.15) is 22.4 Å². The zero-order valence-corrected chi connectivity index (χ0v) is 15.1. The number of alkyl halides is 3. The minimum absolute atomic E-state index is 0.0939. The molecule has 3 heterocycles. The van der Waals surface area contributed by atoms with Gasteiger partial charge in [-0.15, -0.1) is 0 Å². The lowest BCUT2D eigenvalue weighted by Crippen LogP contribution is -2.36. The maximum Gasteiger partial charge on any atom is 0.416 e. The summed E-state index contributed by atoms with van der Waals surface area (Å²) in [6.45, 7) is 0.211. The molecule has 0 radical (unpaired) electrons. The normalized spacial score (nSPS) is 14.6. The summed E-state index contributed by atoms with van der Waals surface area (Å²) in [6.07, 6.45) is -1.09. The smallest absolute Gasteiger partial charge is 0.306 e. The first-order valence-corrected chi connectivity index (χ1v) is 8.92. The van der Waals surface area contributed by atoms with Gasteiger partial charge in [0.15, 0.2) is 0 Å². The van der Waals surface area contributed by atoms with Crippen molar-refractivity contribution in [1.29, 1.82) is 0 Å². The molecule has 0 saturated heterocycles. The first kappa shape index (κ1) is 19.3. The fraction of sp³-hybridized carbons (Fsp3) is 0.250. The van der Waals surface area contributed by atoms with Gasteiger partial charge in [-0.25, -0.2) is 9.37 Å². The lowest BCUT2D eigenvalue weighted by Gasteiger charge is -2.28. The lowest BCUT2D eigenvalue weighted by atomic mass is 10.0. The van der Waals surface area contributed by atoms with Gasteiger partial charge in [0.05, 0.1) is 16.8 Å². The second-order valence-corrected chi connectivity index (χ2v) is 6.81. The van der Waals surface area contributed by atoms with Crippen LogP contribution in [-0.4, -0.2) is 26.4 Å². The molecule has 1 aliphatic rings. The summed E-state index contributed by atoms with van der Waals surface area (Å²) >= 11 is 0. The predicted molar refractivity (Wildman–Crippen MR) is 97.3 cm³/mol. The molecule has 5 nitrogen and oxygen atoms in total. The third-order valence-electron chi connectivity index (χ3n) is 4.89. The number of H-pyrrole nitrogens is 1. The van der Waals surface area contributed by atoms with Gasteiger partial charge in [0, 0.05) is 49.6 Å². The number of hydrogen-bond acceptors (Lipinski definition) is 4. The largest absolute Gasteiger partial charge is 0.416 e. The highest BCUT2D eigenvalue weighted by atomic mass is 19.4. The fourth-order valence-electron chi connectivity index (χ4n) is 3.46. The Morgan fingerprint density at radius 1 is 1.17 bits per heavy atom. The maximum atomic E-state index is 14.1. The molecule has 0 amide bonds. The van der Waals surface area contributed by atoms with Crippen LogP contribution in [0.25, 0.3) is 11.4 Å². The van der Waals surface area contributed by atoms with E-state index < -0.39 is 23.1 Å². The highest BCUT2D eigenvalue weighted by molar-refractivity contribution is 5.53. The summed E-state index contributed by atoms with van der Waals surface area (Å²) in [7, 11) is 0. The van der Waals surface area contributed by atoms with Crippen LogP contribution in [0.4, 0.5) is 17.6 Å². The first-order chi connectivity index (χ1) is 13.8. The molecular weight excluding hydrogens is 388 g/mol. The molecule has 2 aromatic heterocycles. The Balaban J connectivity index is 1.62. The minimum atomic E-state index is -4.65. The standard InChI is InChI=1S/C20H16F4N4O/c21-16-5-1-4-15(20(22,23)24)13(16)10-28-8-6-17-14(11-28)19(29)27-18(26-17)12-3-2-7-25-9-12/h1-5,7,9H,6,8,10-11H2,(H,26,27,29). The van der Waals surface area contributed by atoms with E-state index in [1.165, 1.54) is 0 Å². The highest BCUT2D eigenvalue weighted by Crippen LogP contribution is 2.34. The Bertz CT molecular complexity index is 1100. The fourth-order valence-corrected chi connectivity index (χ4v) is 3.46. The number of benzene rings is 1. The zero-order chi connectivity index (χ0) is 20.6. The summed E-state index contributed by atoms with van der Waals surface area (Å²) in [4.78, 5) is 25.4. The summed E-state index contributed by atoms with van der Waals surface area (Å²) < 4.78 is 53.8. The number of rotatable bonds is 3. The highest BCUT2D eigenvalue weighted by Gasteiger charge is 2.35. The minimum Gasteiger partial charge on any atom is -0.306 e. The molecule has 4 rings (SSSR count). The molecule has 0 spiro atoms. The van der Waals surface area contributed by atoms with Gasteiger partial charge in [-0.05, 0) is 24.3 Å². The monoisotopic (exact) mass is 404 g/mol. The van der Waals surface area contributed by atoms with Gasteiger partial charge in [-0.3, -0.25) is 14.7 Å². The average Bonchev–Trinajstić information content (AvgIpc) is 2.69. The Kier molecular flexibility index (Phi) is 4.91. The van der Waals surface area contributed by atoms with Crippen molar-refractivity contribution in [3.63, 3.8) is 0 Å². The first-order valence-electron chi connectivity index (χ1n) is 8.92. The van der Waals surface area contributed by atoms with Crippen molar-refractivity contribution >= 4 is 0 Å². The van der Waals surface area contributed by atoms with Crippen molar-refractivity contribution in [2.75, 3.05) is 6.54 Å². The molecule has 0 unspecified atom stereocenters. The molecule has 29 heavy (non-hydrogen) atoms. The van der Waals surface area contributed by atoms with Gasteiger partial charge in [0.1, 0.15) is 11.6 Å². The van der Waals surface area contributed by atoms with Crippen LogP contribution in [0.5, 0.6) is 0 Å². The van der Waals surface area contributed by atoms with Crippen molar-refractivity contribution in [2.45, 2.75) is 25.7 Å².